The molecule has 1 atom stereocenters. The standard InChI is InChI=1S/C27H25N5O4/c1-19-8-2-3-11-22(19)26(27(34)28-16-20-9-6-14-35-20)31(17-21-10-7-15-36-21)25(33)18-32-24-13-5-4-12-23(24)29-30-32/h2-15,26H,16-18H2,1H3,(H,28,34)/t26-/m0/s1. The fraction of sp³-hybridized carbons (Fsp3) is 0.185. The Morgan fingerprint density at radius 2 is 1.67 bits per heavy atom. The lowest BCUT2D eigenvalue weighted by Crippen LogP contribution is -2.44. The van der Waals surface area contributed by atoms with Crippen molar-refractivity contribution in [2.75, 3.05) is 0 Å². The van der Waals surface area contributed by atoms with E-state index in [-0.39, 0.29) is 31.4 Å². The van der Waals surface area contributed by atoms with E-state index < -0.39 is 6.04 Å². The molecule has 3 heterocycles. The summed E-state index contributed by atoms with van der Waals surface area (Å²) in [7, 11) is 0. The maximum atomic E-state index is 13.8. The van der Waals surface area contributed by atoms with Crippen LogP contribution >= 0.6 is 0 Å². The van der Waals surface area contributed by atoms with E-state index >= 15 is 0 Å². The van der Waals surface area contributed by atoms with Crippen LogP contribution in [0.4, 0.5) is 0 Å². The molecule has 9 heteroatoms. The Morgan fingerprint density at radius 1 is 0.944 bits per heavy atom. The average molecular weight is 484 g/mol. The van der Waals surface area contributed by atoms with Crippen molar-refractivity contribution in [2.24, 2.45) is 0 Å². The zero-order valence-electron chi connectivity index (χ0n) is 19.7. The lowest BCUT2D eigenvalue weighted by atomic mass is 9.98. The lowest BCUT2D eigenvalue weighted by Gasteiger charge is -2.31. The second-order valence-electron chi connectivity index (χ2n) is 8.39. The molecule has 2 amide bonds. The summed E-state index contributed by atoms with van der Waals surface area (Å²) in [5.41, 5.74) is 3.03. The third kappa shape index (κ3) is 4.90. The highest BCUT2D eigenvalue weighted by Gasteiger charge is 2.33. The van der Waals surface area contributed by atoms with E-state index in [4.69, 9.17) is 8.83 Å². The summed E-state index contributed by atoms with van der Waals surface area (Å²) in [6.07, 6.45) is 3.10. The summed E-state index contributed by atoms with van der Waals surface area (Å²) in [5.74, 6) is 0.543. The minimum atomic E-state index is -0.909. The van der Waals surface area contributed by atoms with Gasteiger partial charge in [0.05, 0.1) is 31.1 Å². The number of benzene rings is 2. The number of hydrogen-bond donors (Lipinski definition) is 1. The highest BCUT2D eigenvalue weighted by molar-refractivity contribution is 5.89. The summed E-state index contributed by atoms with van der Waals surface area (Å²) >= 11 is 0. The van der Waals surface area contributed by atoms with Gasteiger partial charge in [-0.15, -0.1) is 5.10 Å². The molecule has 0 bridgehead atoms. The minimum Gasteiger partial charge on any atom is -0.467 e. The van der Waals surface area contributed by atoms with Crippen molar-refractivity contribution in [3.8, 4) is 0 Å². The second-order valence-corrected chi connectivity index (χ2v) is 8.39. The largest absolute Gasteiger partial charge is 0.467 e. The van der Waals surface area contributed by atoms with Gasteiger partial charge in [-0.1, -0.05) is 41.6 Å². The van der Waals surface area contributed by atoms with Gasteiger partial charge in [0.25, 0.3) is 0 Å². The average Bonchev–Trinajstić information content (AvgIpc) is 3.67. The first-order valence-electron chi connectivity index (χ1n) is 11.6. The van der Waals surface area contributed by atoms with Crippen LogP contribution in [0.3, 0.4) is 0 Å². The van der Waals surface area contributed by atoms with Crippen molar-refractivity contribution in [1.82, 2.24) is 25.2 Å². The van der Waals surface area contributed by atoms with Crippen LogP contribution in [0.25, 0.3) is 11.0 Å². The van der Waals surface area contributed by atoms with Crippen molar-refractivity contribution < 1.29 is 18.4 Å². The van der Waals surface area contributed by atoms with Crippen molar-refractivity contribution >= 4 is 22.8 Å². The maximum Gasteiger partial charge on any atom is 0.247 e. The molecule has 1 N–H and O–H groups in total. The van der Waals surface area contributed by atoms with E-state index in [2.05, 4.69) is 15.6 Å². The van der Waals surface area contributed by atoms with Gasteiger partial charge in [-0.2, -0.15) is 0 Å². The highest BCUT2D eigenvalue weighted by atomic mass is 16.3. The SMILES string of the molecule is Cc1ccccc1[C@@H](C(=O)NCc1ccco1)N(Cc1ccco1)C(=O)Cn1nnc2ccccc21. The number of amides is 2. The predicted octanol–water partition coefficient (Wildman–Crippen LogP) is 4.01. The molecule has 3 aromatic heterocycles. The van der Waals surface area contributed by atoms with Crippen LogP contribution in [0.2, 0.25) is 0 Å². The van der Waals surface area contributed by atoms with Crippen molar-refractivity contribution in [2.45, 2.75) is 32.6 Å². The molecular weight excluding hydrogens is 458 g/mol. The molecule has 0 unspecified atom stereocenters. The lowest BCUT2D eigenvalue weighted by molar-refractivity contribution is -0.142. The van der Waals surface area contributed by atoms with Gasteiger partial charge in [0.15, 0.2) is 0 Å². The molecule has 9 nitrogen and oxygen atoms in total. The zero-order valence-corrected chi connectivity index (χ0v) is 19.7. The fourth-order valence-electron chi connectivity index (χ4n) is 4.18. The van der Waals surface area contributed by atoms with Crippen molar-refractivity contribution in [1.29, 1.82) is 0 Å². The molecule has 0 aliphatic rings. The van der Waals surface area contributed by atoms with Gasteiger partial charge in [0, 0.05) is 0 Å². The molecule has 0 aliphatic carbocycles. The molecule has 0 fully saturated rings. The predicted molar refractivity (Wildman–Crippen MR) is 131 cm³/mol. The van der Waals surface area contributed by atoms with Crippen LogP contribution < -0.4 is 5.32 Å². The number of aryl methyl sites for hydroxylation is 1. The van der Waals surface area contributed by atoms with Crippen molar-refractivity contribution in [3.05, 3.63) is 108 Å². The van der Waals surface area contributed by atoms with Crippen LogP contribution in [0, 0.1) is 6.92 Å². The van der Waals surface area contributed by atoms with E-state index in [0.717, 1.165) is 16.6 Å². The molecule has 0 aliphatic heterocycles. The molecule has 0 radical (unpaired) electrons. The first-order valence-corrected chi connectivity index (χ1v) is 11.6. The summed E-state index contributed by atoms with van der Waals surface area (Å²) in [4.78, 5) is 29.0. The van der Waals surface area contributed by atoms with Crippen LogP contribution in [0.15, 0.2) is 94.2 Å². The monoisotopic (exact) mass is 483 g/mol. The number of carbonyl (C=O) groups excluding carboxylic acids is 2. The second kappa shape index (κ2) is 10.3. The Kier molecular flexibility index (Phi) is 6.61. The Hall–Kier alpha value is -4.66. The molecule has 0 saturated heterocycles. The molecule has 36 heavy (non-hydrogen) atoms. The van der Waals surface area contributed by atoms with E-state index in [1.807, 2.05) is 55.5 Å². The smallest absolute Gasteiger partial charge is 0.247 e. The number of fused-ring (bicyclic) bond motifs is 1. The van der Waals surface area contributed by atoms with Crippen LogP contribution in [0.5, 0.6) is 0 Å². The fourth-order valence-corrected chi connectivity index (χ4v) is 4.18. The molecular formula is C27H25N5O4. The normalized spacial score (nSPS) is 11.9. The van der Waals surface area contributed by atoms with Crippen molar-refractivity contribution in [3.63, 3.8) is 0 Å². The molecule has 2 aromatic carbocycles. The number of hydrogen-bond acceptors (Lipinski definition) is 6. The van der Waals surface area contributed by atoms with Gasteiger partial charge in [0.1, 0.15) is 29.6 Å². The number of carbonyl (C=O) groups is 2. The van der Waals surface area contributed by atoms with Gasteiger partial charge in [-0.25, -0.2) is 4.68 Å². The molecule has 0 spiro atoms. The molecule has 182 valence electrons. The molecule has 5 aromatic rings. The third-order valence-electron chi connectivity index (χ3n) is 5.99. The number of aromatic nitrogens is 3. The van der Waals surface area contributed by atoms with Gasteiger partial charge in [0.2, 0.25) is 11.8 Å². The quantitative estimate of drug-likeness (QED) is 0.340. The topological polar surface area (TPSA) is 106 Å². The highest BCUT2D eigenvalue weighted by Crippen LogP contribution is 2.27. The zero-order chi connectivity index (χ0) is 24.9. The van der Waals surface area contributed by atoms with Gasteiger partial charge in [-0.3, -0.25) is 9.59 Å². The van der Waals surface area contributed by atoms with Crippen LogP contribution in [-0.2, 0) is 29.2 Å². The van der Waals surface area contributed by atoms with E-state index in [1.165, 1.54) is 4.90 Å². The van der Waals surface area contributed by atoms with Gasteiger partial charge < -0.3 is 19.1 Å². The first-order chi connectivity index (χ1) is 17.6. The minimum absolute atomic E-state index is 0.0882. The Labute approximate surface area is 207 Å². The Morgan fingerprint density at radius 3 is 2.42 bits per heavy atom. The number of nitrogens with zero attached hydrogens (tertiary/aromatic N) is 4. The molecule has 5 rings (SSSR count). The maximum absolute atomic E-state index is 13.8. The number of para-hydroxylation sites is 1. The van der Waals surface area contributed by atoms with E-state index in [9.17, 15) is 9.59 Å². The summed E-state index contributed by atoms with van der Waals surface area (Å²) in [6, 6.07) is 21.1. The number of nitrogens with one attached hydrogen (secondary N) is 1. The number of rotatable bonds is 9. The number of furan rings is 2. The third-order valence-corrected chi connectivity index (χ3v) is 5.99. The van der Waals surface area contributed by atoms with Gasteiger partial charge >= 0.3 is 0 Å². The van der Waals surface area contributed by atoms with E-state index in [1.54, 1.807) is 41.5 Å². The van der Waals surface area contributed by atoms with Gasteiger partial charge in [-0.05, 0) is 54.4 Å². The summed E-state index contributed by atoms with van der Waals surface area (Å²) < 4.78 is 12.5. The van der Waals surface area contributed by atoms with E-state index in [0.29, 0.717) is 17.0 Å². The summed E-state index contributed by atoms with van der Waals surface area (Å²) in [6.45, 7) is 2.13. The summed E-state index contributed by atoms with van der Waals surface area (Å²) in [5, 5.41) is 11.2. The van der Waals surface area contributed by atoms with Crippen LogP contribution in [-0.4, -0.2) is 31.7 Å². The van der Waals surface area contributed by atoms with Crippen LogP contribution in [0.1, 0.15) is 28.7 Å². The first kappa shape index (κ1) is 23.1. The molecule has 0 saturated carbocycles. The Bertz CT molecular complexity index is 1460. The Balaban J connectivity index is 1.51.